The number of hydrogen-bond donors (Lipinski definition) is 3. The van der Waals surface area contributed by atoms with E-state index < -0.39 is 10.2 Å². The third-order valence-corrected chi connectivity index (χ3v) is 4.70. The minimum atomic E-state index is -3.51. The predicted molar refractivity (Wildman–Crippen MR) is 72.7 cm³/mol. The van der Waals surface area contributed by atoms with Crippen LogP contribution in [0.4, 0.5) is 10.8 Å². The fourth-order valence-electron chi connectivity index (χ4n) is 1.55. The quantitative estimate of drug-likeness (QED) is 0.737. The Hall–Kier alpha value is -1.38. The van der Waals surface area contributed by atoms with Crippen molar-refractivity contribution in [3.05, 3.63) is 18.2 Å². The maximum absolute atomic E-state index is 11.7. The first kappa shape index (κ1) is 11.7. The summed E-state index contributed by atoms with van der Waals surface area (Å²) < 4.78 is 29.3. The number of anilines is 2. The second kappa shape index (κ2) is 4.08. The van der Waals surface area contributed by atoms with Crippen molar-refractivity contribution in [1.82, 2.24) is 9.71 Å². The van der Waals surface area contributed by atoms with Gasteiger partial charge in [0.15, 0.2) is 5.13 Å². The normalized spacial score (nSPS) is 16.0. The zero-order valence-corrected chi connectivity index (χ0v) is 11.0. The maximum Gasteiger partial charge on any atom is 0.301 e. The lowest BCUT2D eigenvalue weighted by Gasteiger charge is -2.04. The lowest BCUT2D eigenvalue weighted by atomic mass is 10.3. The molecule has 0 radical (unpaired) electrons. The molecule has 2 aromatic rings. The Bertz CT molecular complexity index is 691. The molecular weight excluding hydrogens is 272 g/mol. The van der Waals surface area contributed by atoms with E-state index in [1.807, 2.05) is 0 Å². The van der Waals surface area contributed by atoms with E-state index in [0.717, 1.165) is 23.1 Å². The molecule has 8 heteroatoms. The molecule has 3 rings (SSSR count). The van der Waals surface area contributed by atoms with Crippen LogP contribution in [0.25, 0.3) is 10.2 Å². The first-order valence-corrected chi connectivity index (χ1v) is 7.78. The molecule has 0 aliphatic heterocycles. The second-order valence-electron chi connectivity index (χ2n) is 4.24. The van der Waals surface area contributed by atoms with Crippen molar-refractivity contribution in [2.75, 3.05) is 10.5 Å². The largest absolute Gasteiger partial charge is 0.399 e. The number of fused-ring (bicyclic) bond motifs is 1. The summed E-state index contributed by atoms with van der Waals surface area (Å²) in [6.45, 7) is 0. The number of nitrogens with one attached hydrogen (secondary N) is 2. The molecule has 96 valence electrons. The summed E-state index contributed by atoms with van der Waals surface area (Å²) in [4.78, 5) is 4.20. The van der Waals surface area contributed by atoms with Crippen LogP contribution in [-0.4, -0.2) is 19.4 Å². The van der Waals surface area contributed by atoms with Crippen LogP contribution < -0.4 is 15.2 Å². The third-order valence-electron chi connectivity index (χ3n) is 2.53. The van der Waals surface area contributed by atoms with E-state index in [4.69, 9.17) is 5.73 Å². The Labute approximate surface area is 108 Å². The van der Waals surface area contributed by atoms with Gasteiger partial charge >= 0.3 is 10.2 Å². The Morgan fingerprint density at radius 2 is 2.17 bits per heavy atom. The molecule has 0 spiro atoms. The molecule has 0 amide bonds. The van der Waals surface area contributed by atoms with Crippen LogP contribution in [0.3, 0.4) is 0 Å². The van der Waals surface area contributed by atoms with Crippen LogP contribution in [0.5, 0.6) is 0 Å². The molecule has 1 fully saturated rings. The molecule has 1 aliphatic rings. The van der Waals surface area contributed by atoms with Crippen molar-refractivity contribution < 1.29 is 8.42 Å². The fourth-order valence-corrected chi connectivity index (χ4v) is 3.82. The number of rotatable bonds is 4. The highest BCUT2D eigenvalue weighted by molar-refractivity contribution is 7.91. The maximum atomic E-state index is 11.7. The second-order valence-corrected chi connectivity index (χ2v) is 6.72. The minimum absolute atomic E-state index is 0.0764. The van der Waals surface area contributed by atoms with Crippen LogP contribution in [-0.2, 0) is 10.2 Å². The summed E-state index contributed by atoms with van der Waals surface area (Å²) in [5.74, 6) is 0. The minimum Gasteiger partial charge on any atom is -0.399 e. The van der Waals surface area contributed by atoms with Gasteiger partial charge in [0.1, 0.15) is 0 Å². The van der Waals surface area contributed by atoms with Crippen molar-refractivity contribution in [3.63, 3.8) is 0 Å². The number of thiazole rings is 1. The van der Waals surface area contributed by atoms with E-state index >= 15 is 0 Å². The third kappa shape index (κ3) is 2.55. The van der Waals surface area contributed by atoms with Gasteiger partial charge in [-0.15, -0.1) is 0 Å². The van der Waals surface area contributed by atoms with E-state index in [9.17, 15) is 8.42 Å². The van der Waals surface area contributed by atoms with E-state index in [1.165, 1.54) is 11.3 Å². The molecule has 18 heavy (non-hydrogen) atoms. The van der Waals surface area contributed by atoms with Crippen LogP contribution in [0, 0.1) is 0 Å². The average molecular weight is 284 g/mol. The fraction of sp³-hybridized carbons (Fsp3) is 0.300. The predicted octanol–water partition coefficient (Wildman–Crippen LogP) is 1.29. The number of hydrogen-bond acceptors (Lipinski definition) is 5. The molecule has 6 nitrogen and oxygen atoms in total. The van der Waals surface area contributed by atoms with Crippen LogP contribution in [0.15, 0.2) is 18.2 Å². The Balaban J connectivity index is 1.85. The van der Waals surface area contributed by atoms with Crippen molar-refractivity contribution >= 4 is 42.6 Å². The van der Waals surface area contributed by atoms with Gasteiger partial charge in [-0.3, -0.25) is 0 Å². The molecule has 1 heterocycles. The highest BCUT2D eigenvalue weighted by atomic mass is 32.2. The topological polar surface area (TPSA) is 97.1 Å². The summed E-state index contributed by atoms with van der Waals surface area (Å²) in [6, 6.07) is 5.36. The molecule has 0 unspecified atom stereocenters. The standard InChI is InChI=1S/C10H12N4O2S2/c11-6-1-4-8-9(5-6)17-10(12-8)14-18(15,16)13-7-2-3-7/h1,4-5,7,13H,2-3,11H2,(H,12,14). The molecule has 1 aliphatic carbocycles. The average Bonchev–Trinajstić information content (AvgIpc) is 2.95. The number of benzene rings is 1. The smallest absolute Gasteiger partial charge is 0.301 e. The van der Waals surface area contributed by atoms with Crippen LogP contribution in [0.1, 0.15) is 12.8 Å². The summed E-state index contributed by atoms with van der Waals surface area (Å²) in [7, 11) is -3.51. The van der Waals surface area contributed by atoms with Gasteiger partial charge in [0.2, 0.25) is 0 Å². The molecule has 4 N–H and O–H groups in total. The highest BCUT2D eigenvalue weighted by Gasteiger charge is 2.27. The number of nitrogen functional groups attached to an aromatic ring is 1. The number of aromatic nitrogens is 1. The number of nitrogens with two attached hydrogens (primary N) is 1. The van der Waals surface area contributed by atoms with Gasteiger partial charge < -0.3 is 5.73 Å². The van der Waals surface area contributed by atoms with E-state index in [2.05, 4.69) is 14.4 Å². The van der Waals surface area contributed by atoms with Crippen molar-refractivity contribution in [3.8, 4) is 0 Å². The Kier molecular flexibility index (Phi) is 2.65. The van der Waals surface area contributed by atoms with Gasteiger partial charge in [-0.25, -0.2) is 9.71 Å². The van der Waals surface area contributed by atoms with Crippen molar-refractivity contribution in [2.45, 2.75) is 18.9 Å². The van der Waals surface area contributed by atoms with Gasteiger partial charge in [-0.1, -0.05) is 11.3 Å². The van der Waals surface area contributed by atoms with Gasteiger partial charge in [0, 0.05) is 11.7 Å². The summed E-state index contributed by atoms with van der Waals surface area (Å²) in [5.41, 5.74) is 7.03. The van der Waals surface area contributed by atoms with E-state index in [-0.39, 0.29) is 6.04 Å². The monoisotopic (exact) mass is 284 g/mol. The lowest BCUT2D eigenvalue weighted by molar-refractivity contribution is 0.586. The lowest BCUT2D eigenvalue weighted by Crippen LogP contribution is -2.31. The van der Waals surface area contributed by atoms with Gasteiger partial charge in [-0.05, 0) is 31.0 Å². The molecule has 0 atom stereocenters. The zero-order chi connectivity index (χ0) is 12.8. The molecule has 0 bridgehead atoms. The SMILES string of the molecule is Nc1ccc2nc(NS(=O)(=O)NC3CC3)sc2c1. The van der Waals surface area contributed by atoms with Crippen LogP contribution >= 0.6 is 11.3 Å². The summed E-state index contributed by atoms with van der Waals surface area (Å²) in [6.07, 6.45) is 1.80. The molecule has 1 saturated carbocycles. The first-order valence-electron chi connectivity index (χ1n) is 5.48. The Morgan fingerprint density at radius 1 is 1.39 bits per heavy atom. The Morgan fingerprint density at radius 3 is 2.89 bits per heavy atom. The van der Waals surface area contributed by atoms with Crippen molar-refractivity contribution in [1.29, 1.82) is 0 Å². The molecule has 0 saturated heterocycles. The highest BCUT2D eigenvalue weighted by Crippen LogP contribution is 2.28. The van der Waals surface area contributed by atoms with E-state index in [1.54, 1.807) is 18.2 Å². The summed E-state index contributed by atoms with van der Waals surface area (Å²) in [5, 5.41) is 0.351. The first-order chi connectivity index (χ1) is 8.52. The molecule has 1 aromatic heterocycles. The van der Waals surface area contributed by atoms with Crippen LogP contribution in [0.2, 0.25) is 0 Å². The molecular formula is C10H12N4O2S2. The summed E-state index contributed by atoms with van der Waals surface area (Å²) >= 11 is 1.26. The number of nitrogens with zero attached hydrogens (tertiary/aromatic N) is 1. The van der Waals surface area contributed by atoms with Gasteiger partial charge in [0.05, 0.1) is 10.2 Å². The molecule has 1 aromatic carbocycles. The van der Waals surface area contributed by atoms with Gasteiger partial charge in [-0.2, -0.15) is 13.1 Å². The van der Waals surface area contributed by atoms with Crippen molar-refractivity contribution in [2.24, 2.45) is 0 Å². The van der Waals surface area contributed by atoms with Gasteiger partial charge in [0.25, 0.3) is 0 Å². The zero-order valence-electron chi connectivity index (χ0n) is 9.38. The van der Waals surface area contributed by atoms with E-state index in [0.29, 0.717) is 10.8 Å².